The van der Waals surface area contributed by atoms with E-state index in [1.807, 2.05) is 43.3 Å². The van der Waals surface area contributed by atoms with E-state index in [1.165, 1.54) is 0 Å². The van der Waals surface area contributed by atoms with E-state index in [-0.39, 0.29) is 0 Å². The average molecular weight is 199 g/mol. The summed E-state index contributed by atoms with van der Waals surface area (Å²) in [5, 5.41) is 3.20. The molecule has 1 aromatic heterocycles. The molecule has 0 radical (unpaired) electrons. The number of nitrogens with one attached hydrogen (secondary N) is 1. The van der Waals surface area contributed by atoms with Gasteiger partial charge >= 0.3 is 0 Å². The molecule has 0 saturated carbocycles. The van der Waals surface area contributed by atoms with Crippen LogP contribution in [0.5, 0.6) is 0 Å². The first-order valence-corrected chi connectivity index (χ1v) is 4.80. The lowest BCUT2D eigenvalue weighted by Gasteiger charge is -2.09. The van der Waals surface area contributed by atoms with Crippen molar-refractivity contribution in [2.24, 2.45) is 0 Å². The summed E-state index contributed by atoms with van der Waals surface area (Å²) in [6, 6.07) is 11.6. The minimum atomic E-state index is 0.725. The molecule has 3 N–H and O–H groups in total. The van der Waals surface area contributed by atoms with Crippen molar-refractivity contribution in [1.29, 1.82) is 0 Å². The molecule has 0 fully saturated rings. The number of hydrogen-bond donors (Lipinski definition) is 2. The highest BCUT2D eigenvalue weighted by atomic mass is 15.0. The maximum atomic E-state index is 5.83. The smallest absolute Gasteiger partial charge is 0.133 e. The van der Waals surface area contributed by atoms with Crippen molar-refractivity contribution >= 4 is 17.2 Å². The normalized spacial score (nSPS) is 9.93. The fraction of sp³-hybridized carbons (Fsp3) is 0.0833. The summed E-state index contributed by atoms with van der Waals surface area (Å²) in [5.74, 6) is 0.843. The molecule has 0 aliphatic heterocycles. The Kier molecular flexibility index (Phi) is 2.54. The molecule has 0 unspecified atom stereocenters. The molecule has 1 heterocycles. The van der Waals surface area contributed by atoms with E-state index in [0.717, 1.165) is 22.8 Å². The number of hydrogen-bond acceptors (Lipinski definition) is 3. The Bertz CT molecular complexity index is 422. The largest absolute Gasteiger partial charge is 0.397 e. The summed E-state index contributed by atoms with van der Waals surface area (Å²) in [4.78, 5) is 4.25. The van der Waals surface area contributed by atoms with Crippen LogP contribution < -0.4 is 11.1 Å². The van der Waals surface area contributed by atoms with E-state index < -0.39 is 0 Å². The summed E-state index contributed by atoms with van der Waals surface area (Å²) in [7, 11) is 0. The van der Waals surface area contributed by atoms with Gasteiger partial charge in [0.1, 0.15) is 5.82 Å². The molecule has 2 aromatic rings. The van der Waals surface area contributed by atoms with E-state index >= 15 is 0 Å². The third-order valence-electron chi connectivity index (χ3n) is 2.22. The molecule has 0 saturated heterocycles. The Hall–Kier alpha value is -2.03. The number of nitrogen functional groups attached to an aromatic ring is 1. The van der Waals surface area contributed by atoms with Crippen LogP contribution in [0.1, 0.15) is 5.56 Å². The van der Waals surface area contributed by atoms with E-state index in [0.29, 0.717) is 0 Å². The van der Waals surface area contributed by atoms with Gasteiger partial charge in [0, 0.05) is 6.20 Å². The topological polar surface area (TPSA) is 50.9 Å². The van der Waals surface area contributed by atoms with Crippen LogP contribution in [-0.2, 0) is 0 Å². The molecule has 0 amide bonds. The molecule has 0 atom stereocenters. The Morgan fingerprint density at radius 1 is 1.13 bits per heavy atom. The monoisotopic (exact) mass is 199 g/mol. The van der Waals surface area contributed by atoms with Crippen LogP contribution >= 0.6 is 0 Å². The van der Waals surface area contributed by atoms with Crippen LogP contribution in [0.25, 0.3) is 0 Å². The SMILES string of the molecule is Cc1cccnc1Nc1ccccc1N. The molecule has 3 heteroatoms. The van der Waals surface area contributed by atoms with Gasteiger partial charge in [-0.1, -0.05) is 18.2 Å². The number of anilines is 3. The highest BCUT2D eigenvalue weighted by molar-refractivity contribution is 5.71. The van der Waals surface area contributed by atoms with Gasteiger partial charge in [-0.15, -0.1) is 0 Å². The molecule has 0 aliphatic rings. The summed E-state index contributed by atoms with van der Waals surface area (Å²) >= 11 is 0. The van der Waals surface area contributed by atoms with Crippen LogP contribution in [0.3, 0.4) is 0 Å². The Labute approximate surface area is 89.0 Å². The third kappa shape index (κ3) is 2.07. The zero-order valence-corrected chi connectivity index (χ0v) is 8.57. The van der Waals surface area contributed by atoms with E-state index in [9.17, 15) is 0 Å². The summed E-state index contributed by atoms with van der Waals surface area (Å²) in [6.07, 6.45) is 1.76. The van der Waals surface area contributed by atoms with E-state index in [1.54, 1.807) is 6.20 Å². The van der Waals surface area contributed by atoms with Gasteiger partial charge < -0.3 is 11.1 Å². The molecule has 1 aromatic carbocycles. The van der Waals surface area contributed by atoms with Crippen molar-refractivity contribution in [2.75, 3.05) is 11.1 Å². The Morgan fingerprint density at radius 3 is 2.67 bits per heavy atom. The minimum absolute atomic E-state index is 0.725. The first-order chi connectivity index (χ1) is 7.27. The maximum absolute atomic E-state index is 5.83. The van der Waals surface area contributed by atoms with Crippen molar-refractivity contribution in [2.45, 2.75) is 6.92 Å². The molecule has 3 nitrogen and oxygen atoms in total. The molecular weight excluding hydrogens is 186 g/mol. The van der Waals surface area contributed by atoms with Crippen LogP contribution in [0.15, 0.2) is 42.6 Å². The lowest BCUT2D eigenvalue weighted by molar-refractivity contribution is 1.26. The Morgan fingerprint density at radius 2 is 1.93 bits per heavy atom. The van der Waals surface area contributed by atoms with Crippen molar-refractivity contribution in [3.63, 3.8) is 0 Å². The number of aryl methyl sites for hydroxylation is 1. The van der Waals surface area contributed by atoms with Gasteiger partial charge in [-0.05, 0) is 30.7 Å². The van der Waals surface area contributed by atoms with Crippen LogP contribution in [-0.4, -0.2) is 4.98 Å². The minimum Gasteiger partial charge on any atom is -0.397 e. The van der Waals surface area contributed by atoms with Gasteiger partial charge in [0.05, 0.1) is 11.4 Å². The first-order valence-electron chi connectivity index (χ1n) is 4.80. The van der Waals surface area contributed by atoms with Crippen molar-refractivity contribution in [1.82, 2.24) is 4.98 Å². The standard InChI is InChI=1S/C12H13N3/c1-9-5-4-8-14-12(9)15-11-7-3-2-6-10(11)13/h2-8H,13H2,1H3,(H,14,15). The maximum Gasteiger partial charge on any atom is 0.133 e. The number of nitrogens with two attached hydrogens (primary N) is 1. The van der Waals surface area contributed by atoms with E-state index in [2.05, 4.69) is 10.3 Å². The van der Waals surface area contributed by atoms with Crippen LogP contribution in [0.2, 0.25) is 0 Å². The molecule has 0 spiro atoms. The van der Waals surface area contributed by atoms with Crippen LogP contribution in [0.4, 0.5) is 17.2 Å². The second kappa shape index (κ2) is 4.00. The molecule has 0 aliphatic carbocycles. The zero-order valence-electron chi connectivity index (χ0n) is 8.57. The van der Waals surface area contributed by atoms with Crippen LogP contribution in [0, 0.1) is 6.92 Å². The molecular formula is C12H13N3. The van der Waals surface area contributed by atoms with Gasteiger partial charge in [0.2, 0.25) is 0 Å². The molecule has 76 valence electrons. The second-order valence-corrected chi connectivity index (χ2v) is 3.38. The number of rotatable bonds is 2. The van der Waals surface area contributed by atoms with Gasteiger partial charge in [0.25, 0.3) is 0 Å². The van der Waals surface area contributed by atoms with Gasteiger partial charge in [-0.3, -0.25) is 0 Å². The molecule has 15 heavy (non-hydrogen) atoms. The highest BCUT2D eigenvalue weighted by Crippen LogP contribution is 2.22. The van der Waals surface area contributed by atoms with Crippen molar-refractivity contribution in [3.05, 3.63) is 48.2 Å². The number of para-hydroxylation sites is 2. The predicted octanol–water partition coefficient (Wildman–Crippen LogP) is 2.72. The highest BCUT2D eigenvalue weighted by Gasteiger charge is 2.01. The lowest BCUT2D eigenvalue weighted by atomic mass is 10.2. The van der Waals surface area contributed by atoms with Crippen molar-refractivity contribution < 1.29 is 0 Å². The van der Waals surface area contributed by atoms with Gasteiger partial charge in [-0.2, -0.15) is 0 Å². The lowest BCUT2D eigenvalue weighted by Crippen LogP contribution is -1.99. The fourth-order valence-electron chi connectivity index (χ4n) is 1.35. The first kappa shape index (κ1) is 9.52. The third-order valence-corrected chi connectivity index (χ3v) is 2.22. The summed E-state index contributed by atoms with van der Waals surface area (Å²) < 4.78 is 0. The van der Waals surface area contributed by atoms with Crippen molar-refractivity contribution in [3.8, 4) is 0 Å². The summed E-state index contributed by atoms with van der Waals surface area (Å²) in [6.45, 7) is 2.01. The number of aromatic nitrogens is 1. The van der Waals surface area contributed by atoms with E-state index in [4.69, 9.17) is 5.73 Å². The van der Waals surface area contributed by atoms with Gasteiger partial charge in [0.15, 0.2) is 0 Å². The number of pyridine rings is 1. The summed E-state index contributed by atoms with van der Waals surface area (Å²) in [5.41, 5.74) is 8.54. The number of benzene rings is 1. The molecule has 2 rings (SSSR count). The average Bonchev–Trinajstić information content (AvgIpc) is 2.24. The zero-order chi connectivity index (χ0) is 10.7. The quantitative estimate of drug-likeness (QED) is 0.731. The fourth-order valence-corrected chi connectivity index (χ4v) is 1.35. The molecule has 0 bridgehead atoms. The Balaban J connectivity index is 2.30. The number of nitrogens with zero attached hydrogens (tertiary/aromatic N) is 1. The van der Waals surface area contributed by atoms with Gasteiger partial charge in [-0.25, -0.2) is 4.98 Å². The predicted molar refractivity (Wildman–Crippen MR) is 63.1 cm³/mol. The second-order valence-electron chi connectivity index (χ2n) is 3.38.